The first-order valence-electron chi connectivity index (χ1n) is 5.88. The fourth-order valence-electron chi connectivity index (χ4n) is 1.79. The largest absolute Gasteiger partial charge is 0.351 e. The Hall–Kier alpha value is -1.69. The average molecular weight is 235 g/mol. The van der Waals surface area contributed by atoms with E-state index in [1.807, 2.05) is 0 Å². The highest BCUT2D eigenvalue weighted by Crippen LogP contribution is 2.28. The van der Waals surface area contributed by atoms with Crippen LogP contribution in [0.25, 0.3) is 0 Å². The zero-order chi connectivity index (χ0) is 12.1. The molecule has 6 nitrogen and oxygen atoms in total. The van der Waals surface area contributed by atoms with Gasteiger partial charge in [-0.1, -0.05) is 19.3 Å². The molecule has 1 heterocycles. The minimum atomic E-state index is -0.180. The molecule has 0 spiro atoms. The SMILES string of the molecule is NNc1ccc(C(=O)NCCC2CCC2)nn1. The fraction of sp³-hybridized carbons (Fsp3) is 0.545. The van der Waals surface area contributed by atoms with Gasteiger partial charge in [-0.2, -0.15) is 0 Å². The smallest absolute Gasteiger partial charge is 0.271 e. The first kappa shape index (κ1) is 11.8. The van der Waals surface area contributed by atoms with Gasteiger partial charge < -0.3 is 10.7 Å². The molecule has 17 heavy (non-hydrogen) atoms. The van der Waals surface area contributed by atoms with Crippen molar-refractivity contribution in [1.82, 2.24) is 15.5 Å². The molecule has 4 N–H and O–H groups in total. The minimum absolute atomic E-state index is 0.180. The van der Waals surface area contributed by atoms with E-state index < -0.39 is 0 Å². The highest BCUT2D eigenvalue weighted by Gasteiger charge is 2.17. The zero-order valence-corrected chi connectivity index (χ0v) is 9.65. The van der Waals surface area contributed by atoms with Crippen LogP contribution in [0.2, 0.25) is 0 Å². The Morgan fingerprint density at radius 2 is 2.24 bits per heavy atom. The summed E-state index contributed by atoms with van der Waals surface area (Å²) in [4.78, 5) is 11.7. The summed E-state index contributed by atoms with van der Waals surface area (Å²) in [6, 6.07) is 3.22. The highest BCUT2D eigenvalue weighted by molar-refractivity contribution is 5.92. The monoisotopic (exact) mass is 235 g/mol. The van der Waals surface area contributed by atoms with Gasteiger partial charge in [-0.3, -0.25) is 4.79 Å². The summed E-state index contributed by atoms with van der Waals surface area (Å²) in [6.07, 6.45) is 4.98. The predicted octanol–water partition coefficient (Wildman–Crippen LogP) is 0.682. The highest BCUT2D eigenvalue weighted by atomic mass is 16.1. The molecule has 0 bridgehead atoms. The van der Waals surface area contributed by atoms with Gasteiger partial charge in [-0.15, -0.1) is 10.2 Å². The Labute approximate surface area is 100.0 Å². The molecule has 1 aliphatic carbocycles. The Balaban J connectivity index is 1.77. The van der Waals surface area contributed by atoms with E-state index in [2.05, 4.69) is 20.9 Å². The molecule has 1 aromatic rings. The Morgan fingerprint density at radius 1 is 1.41 bits per heavy atom. The van der Waals surface area contributed by atoms with Gasteiger partial charge in [0.05, 0.1) is 0 Å². The van der Waals surface area contributed by atoms with Crippen molar-refractivity contribution >= 4 is 11.7 Å². The number of nitrogens with one attached hydrogen (secondary N) is 2. The predicted molar refractivity (Wildman–Crippen MR) is 64.1 cm³/mol. The van der Waals surface area contributed by atoms with E-state index in [9.17, 15) is 4.79 Å². The van der Waals surface area contributed by atoms with Crippen LogP contribution in [0.15, 0.2) is 12.1 Å². The van der Waals surface area contributed by atoms with Crippen molar-refractivity contribution in [1.29, 1.82) is 0 Å². The number of nitrogens with zero attached hydrogens (tertiary/aromatic N) is 2. The molecule has 1 aromatic heterocycles. The van der Waals surface area contributed by atoms with Gasteiger partial charge in [-0.05, 0) is 24.5 Å². The minimum Gasteiger partial charge on any atom is -0.351 e. The average Bonchev–Trinajstić information content (AvgIpc) is 2.32. The van der Waals surface area contributed by atoms with Crippen LogP contribution < -0.4 is 16.6 Å². The Morgan fingerprint density at radius 3 is 2.76 bits per heavy atom. The molecular weight excluding hydrogens is 218 g/mol. The van der Waals surface area contributed by atoms with Crippen molar-refractivity contribution in [2.75, 3.05) is 12.0 Å². The molecule has 0 unspecified atom stereocenters. The van der Waals surface area contributed by atoms with E-state index in [1.165, 1.54) is 19.3 Å². The molecule has 0 atom stereocenters. The first-order valence-corrected chi connectivity index (χ1v) is 5.88. The van der Waals surface area contributed by atoms with Crippen molar-refractivity contribution in [3.05, 3.63) is 17.8 Å². The molecule has 1 aliphatic rings. The summed E-state index contributed by atoms with van der Waals surface area (Å²) in [5, 5.41) is 10.4. The van der Waals surface area contributed by atoms with E-state index in [-0.39, 0.29) is 5.91 Å². The lowest BCUT2D eigenvalue weighted by molar-refractivity contribution is 0.0943. The van der Waals surface area contributed by atoms with Crippen LogP contribution in [-0.4, -0.2) is 22.6 Å². The zero-order valence-electron chi connectivity index (χ0n) is 9.65. The number of rotatable bonds is 5. The number of anilines is 1. The molecular formula is C11H17N5O. The van der Waals surface area contributed by atoms with Crippen molar-refractivity contribution < 1.29 is 4.79 Å². The quantitative estimate of drug-likeness (QED) is 0.515. The summed E-state index contributed by atoms with van der Waals surface area (Å²) in [5.74, 6) is 6.22. The third-order valence-corrected chi connectivity index (χ3v) is 3.11. The van der Waals surface area contributed by atoms with Crippen LogP contribution in [-0.2, 0) is 0 Å². The lowest BCUT2D eigenvalue weighted by atomic mass is 9.83. The number of aromatic nitrogens is 2. The third kappa shape index (κ3) is 3.13. The molecule has 0 saturated heterocycles. The van der Waals surface area contributed by atoms with Gasteiger partial charge >= 0.3 is 0 Å². The molecule has 2 rings (SSSR count). The number of hydrogen-bond acceptors (Lipinski definition) is 5. The van der Waals surface area contributed by atoms with Crippen molar-refractivity contribution in [2.45, 2.75) is 25.7 Å². The van der Waals surface area contributed by atoms with Crippen LogP contribution >= 0.6 is 0 Å². The maximum Gasteiger partial charge on any atom is 0.271 e. The van der Waals surface area contributed by atoms with Crippen LogP contribution in [0.1, 0.15) is 36.2 Å². The molecule has 1 saturated carbocycles. The summed E-state index contributed by atoms with van der Waals surface area (Å²) in [5.41, 5.74) is 2.68. The number of hydrogen-bond donors (Lipinski definition) is 3. The van der Waals surface area contributed by atoms with Gasteiger partial charge in [0.15, 0.2) is 11.5 Å². The lowest BCUT2D eigenvalue weighted by Crippen LogP contribution is -2.28. The fourth-order valence-corrected chi connectivity index (χ4v) is 1.79. The molecule has 0 aliphatic heterocycles. The number of carbonyl (C=O) groups excluding carboxylic acids is 1. The molecule has 92 valence electrons. The van der Waals surface area contributed by atoms with Crippen LogP contribution in [0, 0.1) is 5.92 Å². The second-order valence-corrected chi connectivity index (χ2v) is 4.29. The van der Waals surface area contributed by atoms with Gasteiger partial charge in [0.1, 0.15) is 0 Å². The number of hydrazine groups is 1. The number of carbonyl (C=O) groups is 1. The Bertz CT molecular complexity index is 374. The second kappa shape index (κ2) is 5.58. The normalized spacial score (nSPS) is 15.1. The number of nitrogen functional groups attached to an aromatic ring is 1. The van der Waals surface area contributed by atoms with Gasteiger partial charge in [-0.25, -0.2) is 5.84 Å². The van der Waals surface area contributed by atoms with Crippen molar-refractivity contribution in [2.24, 2.45) is 11.8 Å². The van der Waals surface area contributed by atoms with Crippen molar-refractivity contribution in [3.8, 4) is 0 Å². The van der Waals surface area contributed by atoms with E-state index in [0.29, 0.717) is 18.1 Å². The first-order chi connectivity index (χ1) is 8.29. The number of nitrogens with two attached hydrogens (primary N) is 1. The van der Waals surface area contributed by atoms with Crippen LogP contribution in [0.4, 0.5) is 5.82 Å². The van der Waals surface area contributed by atoms with E-state index in [0.717, 1.165) is 12.3 Å². The van der Waals surface area contributed by atoms with Gasteiger partial charge in [0, 0.05) is 6.54 Å². The van der Waals surface area contributed by atoms with Crippen LogP contribution in [0.3, 0.4) is 0 Å². The van der Waals surface area contributed by atoms with E-state index >= 15 is 0 Å². The molecule has 1 amide bonds. The Kier molecular flexibility index (Phi) is 3.87. The maximum absolute atomic E-state index is 11.7. The summed E-state index contributed by atoms with van der Waals surface area (Å²) in [6.45, 7) is 0.710. The topological polar surface area (TPSA) is 92.9 Å². The lowest BCUT2D eigenvalue weighted by Gasteiger charge is -2.25. The second-order valence-electron chi connectivity index (χ2n) is 4.29. The van der Waals surface area contributed by atoms with Crippen molar-refractivity contribution in [3.63, 3.8) is 0 Å². The van der Waals surface area contributed by atoms with Gasteiger partial charge in [0.25, 0.3) is 5.91 Å². The molecule has 0 aromatic carbocycles. The molecule has 0 radical (unpaired) electrons. The van der Waals surface area contributed by atoms with Crippen LogP contribution in [0.5, 0.6) is 0 Å². The summed E-state index contributed by atoms with van der Waals surface area (Å²) in [7, 11) is 0. The summed E-state index contributed by atoms with van der Waals surface area (Å²) >= 11 is 0. The standard InChI is InChI=1S/C11H17N5O/c12-14-10-5-4-9(15-16-10)11(17)13-7-6-8-2-1-3-8/h4-5,8H,1-3,6-7,12H2,(H,13,17)(H,14,16). The van der Waals surface area contributed by atoms with E-state index in [1.54, 1.807) is 12.1 Å². The molecule has 1 fully saturated rings. The number of amides is 1. The summed E-state index contributed by atoms with van der Waals surface area (Å²) < 4.78 is 0. The molecule has 6 heteroatoms. The van der Waals surface area contributed by atoms with E-state index in [4.69, 9.17) is 5.84 Å². The maximum atomic E-state index is 11.7. The van der Waals surface area contributed by atoms with Gasteiger partial charge in [0.2, 0.25) is 0 Å². The third-order valence-electron chi connectivity index (χ3n) is 3.11.